The third kappa shape index (κ3) is 2.03. The first kappa shape index (κ1) is 10.9. The first-order valence-electron chi connectivity index (χ1n) is 4.43. The number of nitrogens with zero attached hydrogens (tertiary/aromatic N) is 1. The van der Waals surface area contributed by atoms with Crippen molar-refractivity contribution in [1.29, 1.82) is 0 Å². The molecule has 1 N–H and O–H groups in total. The van der Waals surface area contributed by atoms with Gasteiger partial charge in [0.1, 0.15) is 0 Å². The maximum Gasteiger partial charge on any atom is 0.219 e. The molecule has 1 aliphatic rings. The highest BCUT2D eigenvalue weighted by Gasteiger charge is 2.38. The molecule has 78 valence electrons. The Morgan fingerprint density at radius 1 is 1.38 bits per heavy atom. The molecule has 1 heterocycles. The van der Waals surface area contributed by atoms with Crippen LogP contribution < -0.4 is 0 Å². The van der Waals surface area contributed by atoms with Crippen LogP contribution in [0.2, 0.25) is 0 Å². The van der Waals surface area contributed by atoms with E-state index >= 15 is 0 Å². The van der Waals surface area contributed by atoms with Crippen LogP contribution in [-0.2, 0) is 10.0 Å². The van der Waals surface area contributed by atoms with Gasteiger partial charge in [0.2, 0.25) is 10.0 Å². The Morgan fingerprint density at radius 2 is 1.92 bits per heavy atom. The van der Waals surface area contributed by atoms with Crippen molar-refractivity contribution in [1.82, 2.24) is 4.31 Å². The van der Waals surface area contributed by atoms with E-state index in [2.05, 4.69) is 0 Å². The fourth-order valence-corrected chi connectivity index (χ4v) is 2.80. The van der Waals surface area contributed by atoms with Crippen LogP contribution in [0.4, 0.5) is 0 Å². The number of hydrogen-bond acceptors (Lipinski definition) is 3. The summed E-state index contributed by atoms with van der Waals surface area (Å²) in [6.45, 7) is 5.72. The van der Waals surface area contributed by atoms with Gasteiger partial charge in [0, 0.05) is 13.1 Å². The lowest BCUT2D eigenvalue weighted by Crippen LogP contribution is -2.42. The average Bonchev–Trinajstić information content (AvgIpc) is 2.33. The SMILES string of the molecule is CC(C)(C)S(=O)(=O)N1CC[C@@H](O)C1. The summed E-state index contributed by atoms with van der Waals surface area (Å²) in [6, 6.07) is 0. The van der Waals surface area contributed by atoms with Crippen molar-refractivity contribution in [3.63, 3.8) is 0 Å². The zero-order valence-corrected chi connectivity index (χ0v) is 9.13. The van der Waals surface area contributed by atoms with Gasteiger partial charge in [0.15, 0.2) is 0 Å². The van der Waals surface area contributed by atoms with Gasteiger partial charge in [-0.1, -0.05) is 0 Å². The summed E-state index contributed by atoms with van der Waals surface area (Å²) in [5.41, 5.74) is 0. The van der Waals surface area contributed by atoms with Gasteiger partial charge in [0.05, 0.1) is 10.9 Å². The van der Waals surface area contributed by atoms with E-state index in [-0.39, 0.29) is 6.54 Å². The third-order valence-corrected chi connectivity index (χ3v) is 4.80. The van der Waals surface area contributed by atoms with Crippen molar-refractivity contribution in [3.05, 3.63) is 0 Å². The van der Waals surface area contributed by atoms with Crippen molar-refractivity contribution in [2.24, 2.45) is 0 Å². The summed E-state index contributed by atoms with van der Waals surface area (Å²) in [5, 5.41) is 9.22. The van der Waals surface area contributed by atoms with Crippen LogP contribution in [-0.4, -0.2) is 41.8 Å². The Hall–Kier alpha value is -0.130. The van der Waals surface area contributed by atoms with E-state index in [1.807, 2.05) is 0 Å². The molecule has 4 nitrogen and oxygen atoms in total. The van der Waals surface area contributed by atoms with Gasteiger partial charge in [-0.3, -0.25) is 0 Å². The Labute approximate surface area is 79.6 Å². The Kier molecular flexibility index (Phi) is 2.71. The van der Waals surface area contributed by atoms with E-state index in [9.17, 15) is 13.5 Å². The van der Waals surface area contributed by atoms with Crippen LogP contribution in [0, 0.1) is 0 Å². The van der Waals surface area contributed by atoms with E-state index in [0.717, 1.165) is 0 Å². The minimum atomic E-state index is -3.24. The topological polar surface area (TPSA) is 57.6 Å². The van der Waals surface area contributed by atoms with Gasteiger partial charge in [-0.2, -0.15) is 4.31 Å². The number of aliphatic hydroxyl groups excluding tert-OH is 1. The average molecular weight is 207 g/mol. The fourth-order valence-electron chi connectivity index (χ4n) is 1.32. The molecular weight excluding hydrogens is 190 g/mol. The van der Waals surface area contributed by atoms with E-state index in [1.165, 1.54) is 4.31 Å². The zero-order chi connectivity index (χ0) is 10.3. The lowest BCUT2D eigenvalue weighted by Gasteiger charge is -2.26. The summed E-state index contributed by atoms with van der Waals surface area (Å²) in [6.07, 6.45) is 0.0621. The van der Waals surface area contributed by atoms with Crippen molar-refractivity contribution >= 4 is 10.0 Å². The van der Waals surface area contributed by atoms with Crippen LogP contribution in [0.5, 0.6) is 0 Å². The number of aliphatic hydroxyl groups is 1. The number of sulfonamides is 1. The minimum Gasteiger partial charge on any atom is -0.392 e. The first-order chi connectivity index (χ1) is 5.75. The van der Waals surface area contributed by atoms with Crippen molar-refractivity contribution in [3.8, 4) is 0 Å². The van der Waals surface area contributed by atoms with Crippen molar-refractivity contribution < 1.29 is 13.5 Å². The lowest BCUT2D eigenvalue weighted by molar-refractivity contribution is 0.189. The van der Waals surface area contributed by atoms with Crippen LogP contribution >= 0.6 is 0 Å². The summed E-state index contributed by atoms with van der Waals surface area (Å²) >= 11 is 0. The van der Waals surface area contributed by atoms with Gasteiger partial charge < -0.3 is 5.11 Å². The molecule has 0 aromatic carbocycles. The molecule has 0 aliphatic carbocycles. The largest absolute Gasteiger partial charge is 0.392 e. The molecule has 0 aromatic heterocycles. The maximum atomic E-state index is 11.8. The molecule has 0 spiro atoms. The van der Waals surface area contributed by atoms with E-state index < -0.39 is 20.9 Å². The first-order valence-corrected chi connectivity index (χ1v) is 5.87. The molecule has 13 heavy (non-hydrogen) atoms. The van der Waals surface area contributed by atoms with E-state index in [0.29, 0.717) is 13.0 Å². The zero-order valence-electron chi connectivity index (χ0n) is 8.32. The predicted molar refractivity (Wildman–Crippen MR) is 50.9 cm³/mol. The van der Waals surface area contributed by atoms with Gasteiger partial charge in [-0.15, -0.1) is 0 Å². The molecule has 1 atom stereocenters. The van der Waals surface area contributed by atoms with Crippen LogP contribution in [0.15, 0.2) is 0 Å². The quantitative estimate of drug-likeness (QED) is 0.667. The maximum absolute atomic E-state index is 11.8. The fraction of sp³-hybridized carbons (Fsp3) is 1.00. The monoisotopic (exact) mass is 207 g/mol. The third-order valence-electron chi connectivity index (χ3n) is 2.24. The lowest BCUT2D eigenvalue weighted by atomic mass is 10.3. The van der Waals surface area contributed by atoms with E-state index in [1.54, 1.807) is 20.8 Å². The van der Waals surface area contributed by atoms with E-state index in [4.69, 9.17) is 0 Å². The highest BCUT2D eigenvalue weighted by molar-refractivity contribution is 7.90. The Bertz CT molecular complexity index is 278. The van der Waals surface area contributed by atoms with Crippen LogP contribution in [0.25, 0.3) is 0 Å². The number of rotatable bonds is 1. The van der Waals surface area contributed by atoms with Crippen LogP contribution in [0.3, 0.4) is 0 Å². The van der Waals surface area contributed by atoms with Gasteiger partial charge in [-0.25, -0.2) is 8.42 Å². The molecule has 0 amide bonds. The molecule has 1 aliphatic heterocycles. The molecular formula is C8H17NO3S. The van der Waals surface area contributed by atoms with Crippen molar-refractivity contribution in [2.45, 2.75) is 38.0 Å². The van der Waals surface area contributed by atoms with Gasteiger partial charge >= 0.3 is 0 Å². The second-order valence-electron chi connectivity index (χ2n) is 4.42. The van der Waals surface area contributed by atoms with Crippen molar-refractivity contribution in [2.75, 3.05) is 13.1 Å². The molecule has 1 rings (SSSR count). The summed E-state index contributed by atoms with van der Waals surface area (Å²) < 4.78 is 24.2. The summed E-state index contributed by atoms with van der Waals surface area (Å²) in [4.78, 5) is 0. The molecule has 0 aromatic rings. The highest BCUT2D eigenvalue weighted by Crippen LogP contribution is 2.24. The van der Waals surface area contributed by atoms with Gasteiger partial charge in [0.25, 0.3) is 0 Å². The number of β-amino-alcohol motifs (C(OH)–C–C–N with tert-alkyl or cyclic N) is 1. The normalized spacial score (nSPS) is 26.6. The molecule has 0 bridgehead atoms. The summed E-state index contributed by atoms with van der Waals surface area (Å²) in [5.74, 6) is 0. The molecule has 5 heteroatoms. The molecule has 0 unspecified atom stereocenters. The predicted octanol–water partition coefficient (Wildman–Crippen LogP) is 0.181. The smallest absolute Gasteiger partial charge is 0.219 e. The Balaban J connectivity index is 2.84. The number of hydrogen-bond donors (Lipinski definition) is 1. The summed E-state index contributed by atoms with van der Waals surface area (Å²) in [7, 11) is -3.24. The second kappa shape index (κ2) is 3.22. The molecule has 1 fully saturated rings. The molecule has 1 saturated heterocycles. The standard InChI is InChI=1S/C8H17NO3S/c1-8(2,3)13(11,12)9-5-4-7(10)6-9/h7,10H,4-6H2,1-3H3/t7-/m1/s1. The molecule has 0 saturated carbocycles. The highest BCUT2D eigenvalue weighted by atomic mass is 32.2. The Morgan fingerprint density at radius 3 is 2.23 bits per heavy atom. The second-order valence-corrected chi connectivity index (χ2v) is 7.11. The van der Waals surface area contributed by atoms with Crippen LogP contribution in [0.1, 0.15) is 27.2 Å². The van der Waals surface area contributed by atoms with Gasteiger partial charge in [-0.05, 0) is 27.2 Å². The minimum absolute atomic E-state index is 0.250. The molecule has 0 radical (unpaired) electrons.